The van der Waals surface area contributed by atoms with Crippen molar-refractivity contribution < 1.29 is 21.6 Å². The normalized spacial score (nSPS) is 12.3. The van der Waals surface area contributed by atoms with E-state index in [2.05, 4.69) is 9.97 Å². The van der Waals surface area contributed by atoms with Gasteiger partial charge in [-0.05, 0) is 36.4 Å². The van der Waals surface area contributed by atoms with Crippen LogP contribution < -0.4 is 0 Å². The summed E-state index contributed by atoms with van der Waals surface area (Å²) in [5.41, 5.74) is 1.47. The summed E-state index contributed by atoms with van der Waals surface area (Å²) in [6.45, 7) is 0.719. The third-order valence-electron chi connectivity index (χ3n) is 3.81. The van der Waals surface area contributed by atoms with Crippen LogP contribution >= 0.6 is 0 Å². The molecule has 3 rings (SSSR count). The molecule has 0 aliphatic carbocycles. The number of nitrogens with zero attached hydrogens (tertiary/aromatic N) is 1. The Morgan fingerprint density at radius 1 is 0.962 bits per heavy atom. The maximum absolute atomic E-state index is 13.7. The number of aromatic nitrogens is 2. The number of H-pyrrole nitrogens is 1. The minimum Gasteiger partial charge on any atom is -0.336 e. The molecule has 0 saturated heterocycles. The van der Waals surface area contributed by atoms with E-state index >= 15 is 0 Å². The molecule has 0 bridgehead atoms. The van der Waals surface area contributed by atoms with Crippen LogP contribution in [0.5, 0.6) is 0 Å². The fraction of sp³-hybridized carbons (Fsp3) is 0.167. The number of sulfone groups is 1. The van der Waals surface area contributed by atoms with E-state index in [9.17, 15) is 21.6 Å². The predicted molar refractivity (Wildman–Crippen MR) is 92.1 cm³/mol. The lowest BCUT2D eigenvalue weighted by atomic mass is 10.1. The first-order chi connectivity index (χ1) is 12.1. The number of hydrogen-bond donors (Lipinski definition) is 1. The molecule has 0 unspecified atom stereocenters. The van der Waals surface area contributed by atoms with Crippen LogP contribution in [0.2, 0.25) is 0 Å². The third-order valence-corrected chi connectivity index (χ3v) is 4.94. The first-order valence-electron chi connectivity index (χ1n) is 7.60. The smallest absolute Gasteiger partial charge is 0.301 e. The van der Waals surface area contributed by atoms with Crippen molar-refractivity contribution in [3.63, 3.8) is 0 Å². The van der Waals surface area contributed by atoms with Crippen molar-refractivity contribution in [2.45, 2.75) is 17.7 Å². The maximum Gasteiger partial charge on any atom is 0.301 e. The Morgan fingerprint density at radius 3 is 2.00 bits per heavy atom. The molecular formula is C18H15F3N2O2S. The standard InChI is InChI=1S/C18H15F3N2O2S/c1-18(20,21)17-22-15(11-3-7-13(19)8-4-11)16(23-17)12-5-9-14(10-6-12)26(2,24)25/h3-10H,1-2H3,(H,22,23). The topological polar surface area (TPSA) is 62.8 Å². The van der Waals surface area contributed by atoms with Gasteiger partial charge in [0.05, 0.1) is 16.3 Å². The largest absolute Gasteiger partial charge is 0.336 e. The molecule has 0 atom stereocenters. The average Bonchev–Trinajstić information content (AvgIpc) is 3.00. The van der Waals surface area contributed by atoms with Gasteiger partial charge in [0.15, 0.2) is 15.7 Å². The highest BCUT2D eigenvalue weighted by molar-refractivity contribution is 7.90. The van der Waals surface area contributed by atoms with Crippen molar-refractivity contribution in [3.05, 3.63) is 60.2 Å². The summed E-state index contributed by atoms with van der Waals surface area (Å²) in [5.74, 6) is -4.17. The van der Waals surface area contributed by atoms with E-state index in [1.165, 1.54) is 48.5 Å². The lowest BCUT2D eigenvalue weighted by Crippen LogP contribution is -2.09. The second kappa shape index (κ2) is 6.28. The second-order valence-corrected chi connectivity index (χ2v) is 8.02. The molecule has 8 heteroatoms. The number of aromatic amines is 1. The molecule has 0 aliphatic heterocycles. The van der Waals surface area contributed by atoms with E-state index in [1.54, 1.807) is 0 Å². The van der Waals surface area contributed by atoms with Crippen LogP contribution in [0.15, 0.2) is 53.4 Å². The molecule has 0 amide bonds. The summed E-state index contributed by atoms with van der Waals surface area (Å²) in [6.07, 6.45) is 1.08. The summed E-state index contributed by atoms with van der Waals surface area (Å²) < 4.78 is 63.8. The van der Waals surface area contributed by atoms with E-state index in [0.717, 1.165) is 13.2 Å². The summed E-state index contributed by atoms with van der Waals surface area (Å²) in [7, 11) is -3.38. The van der Waals surface area contributed by atoms with Crippen molar-refractivity contribution in [3.8, 4) is 22.5 Å². The zero-order valence-electron chi connectivity index (χ0n) is 13.9. The molecular weight excluding hydrogens is 365 g/mol. The molecule has 4 nitrogen and oxygen atoms in total. The molecule has 0 spiro atoms. The molecule has 1 N–H and O–H groups in total. The minimum absolute atomic E-state index is 0.112. The quantitative estimate of drug-likeness (QED) is 0.730. The summed E-state index contributed by atoms with van der Waals surface area (Å²) in [5, 5.41) is 0. The van der Waals surface area contributed by atoms with Crippen molar-refractivity contribution in [1.82, 2.24) is 9.97 Å². The molecule has 0 aliphatic rings. The maximum atomic E-state index is 13.7. The molecule has 26 heavy (non-hydrogen) atoms. The fourth-order valence-corrected chi connectivity index (χ4v) is 3.11. The van der Waals surface area contributed by atoms with Crippen LogP contribution in [0.3, 0.4) is 0 Å². The molecule has 0 fully saturated rings. The molecule has 136 valence electrons. The molecule has 0 radical (unpaired) electrons. The minimum atomic E-state index is -3.38. The van der Waals surface area contributed by atoms with Crippen LogP contribution in [0.1, 0.15) is 12.7 Å². The number of hydrogen-bond acceptors (Lipinski definition) is 3. The van der Waals surface area contributed by atoms with Gasteiger partial charge >= 0.3 is 5.92 Å². The summed E-state index contributed by atoms with van der Waals surface area (Å²) in [6, 6.07) is 11.1. The highest BCUT2D eigenvalue weighted by Crippen LogP contribution is 2.35. The number of halogens is 3. The van der Waals surface area contributed by atoms with Crippen LogP contribution in [-0.4, -0.2) is 24.6 Å². The Bertz CT molecular complexity index is 1040. The average molecular weight is 380 g/mol. The third kappa shape index (κ3) is 3.65. The highest BCUT2D eigenvalue weighted by atomic mass is 32.2. The Kier molecular flexibility index (Phi) is 4.39. The Labute approximate surface area is 148 Å². The number of benzene rings is 2. The fourth-order valence-electron chi connectivity index (χ4n) is 2.48. The molecule has 1 aromatic heterocycles. The van der Waals surface area contributed by atoms with Gasteiger partial charge in [0.25, 0.3) is 0 Å². The summed E-state index contributed by atoms with van der Waals surface area (Å²) >= 11 is 0. The Morgan fingerprint density at radius 2 is 1.50 bits per heavy atom. The van der Waals surface area contributed by atoms with Crippen LogP contribution in [-0.2, 0) is 15.8 Å². The molecule has 1 heterocycles. The summed E-state index contributed by atoms with van der Waals surface area (Å²) in [4.78, 5) is 6.70. The number of alkyl halides is 2. The van der Waals surface area contributed by atoms with Crippen LogP contribution in [0.4, 0.5) is 13.2 Å². The van der Waals surface area contributed by atoms with Crippen LogP contribution in [0, 0.1) is 5.82 Å². The predicted octanol–water partition coefficient (Wildman–Crippen LogP) is 4.40. The Hall–Kier alpha value is -2.61. The van der Waals surface area contributed by atoms with Crippen molar-refractivity contribution in [2.75, 3.05) is 6.26 Å². The van der Waals surface area contributed by atoms with Gasteiger partial charge < -0.3 is 4.98 Å². The van der Waals surface area contributed by atoms with Crippen molar-refractivity contribution in [1.29, 1.82) is 0 Å². The lowest BCUT2D eigenvalue weighted by molar-refractivity contribution is 0.00870. The van der Waals surface area contributed by atoms with Gasteiger partial charge in [-0.2, -0.15) is 8.78 Å². The van der Waals surface area contributed by atoms with E-state index in [4.69, 9.17) is 0 Å². The Balaban J connectivity index is 2.16. The van der Waals surface area contributed by atoms with Gasteiger partial charge in [0.1, 0.15) is 5.82 Å². The van der Waals surface area contributed by atoms with E-state index in [1.807, 2.05) is 0 Å². The van der Waals surface area contributed by atoms with Gasteiger partial charge in [-0.3, -0.25) is 0 Å². The number of rotatable bonds is 4. The monoisotopic (exact) mass is 380 g/mol. The van der Waals surface area contributed by atoms with Gasteiger partial charge in [-0.15, -0.1) is 0 Å². The highest BCUT2D eigenvalue weighted by Gasteiger charge is 2.30. The van der Waals surface area contributed by atoms with E-state index < -0.39 is 27.4 Å². The van der Waals surface area contributed by atoms with Gasteiger partial charge in [0, 0.05) is 24.3 Å². The number of imidazole rings is 1. The van der Waals surface area contributed by atoms with Gasteiger partial charge in [0.2, 0.25) is 0 Å². The number of nitrogens with one attached hydrogen (secondary N) is 1. The SMILES string of the molecule is CC(F)(F)c1nc(-c2ccc(S(C)(=O)=O)cc2)c(-c2ccc(F)cc2)[nH]1. The van der Waals surface area contributed by atoms with Gasteiger partial charge in [-0.25, -0.2) is 17.8 Å². The lowest BCUT2D eigenvalue weighted by Gasteiger charge is -2.05. The zero-order chi connectivity index (χ0) is 19.1. The molecule has 2 aromatic carbocycles. The second-order valence-electron chi connectivity index (χ2n) is 6.00. The first kappa shape index (κ1) is 18.2. The molecule has 0 saturated carbocycles. The van der Waals surface area contributed by atoms with Gasteiger partial charge in [-0.1, -0.05) is 12.1 Å². The zero-order valence-corrected chi connectivity index (χ0v) is 14.7. The van der Waals surface area contributed by atoms with E-state index in [-0.39, 0.29) is 10.6 Å². The van der Waals surface area contributed by atoms with Crippen LogP contribution in [0.25, 0.3) is 22.5 Å². The van der Waals surface area contributed by atoms with Crippen molar-refractivity contribution in [2.24, 2.45) is 0 Å². The van der Waals surface area contributed by atoms with E-state index in [0.29, 0.717) is 16.8 Å². The first-order valence-corrected chi connectivity index (χ1v) is 9.49. The molecule has 3 aromatic rings. The van der Waals surface area contributed by atoms with Crippen molar-refractivity contribution >= 4 is 9.84 Å².